The highest BCUT2D eigenvalue weighted by molar-refractivity contribution is 6.22. The van der Waals surface area contributed by atoms with Gasteiger partial charge in [-0.05, 0) is 56.1 Å². The monoisotopic (exact) mass is 414 g/mol. The zero-order chi connectivity index (χ0) is 21.9. The number of carbonyl (C=O) groups excluding carboxylic acids is 2. The van der Waals surface area contributed by atoms with E-state index in [-0.39, 0.29) is 17.3 Å². The summed E-state index contributed by atoms with van der Waals surface area (Å²) in [6, 6.07) is 6.06. The lowest BCUT2D eigenvalue weighted by Crippen LogP contribution is -2.38. The molecule has 0 atom stereocenters. The maximum atomic E-state index is 13.5. The number of rotatable bonds is 5. The number of allylic oxidation sites excluding steroid dienone is 2. The second-order valence-corrected chi connectivity index (χ2v) is 8.91. The summed E-state index contributed by atoms with van der Waals surface area (Å²) in [5.41, 5.74) is 8.93. The van der Waals surface area contributed by atoms with Crippen LogP contribution < -0.4 is 5.73 Å². The summed E-state index contributed by atoms with van der Waals surface area (Å²) >= 11 is 0. The summed E-state index contributed by atoms with van der Waals surface area (Å²) in [5.74, 6) is 0.569. The first-order valence-electron chi connectivity index (χ1n) is 10.8. The van der Waals surface area contributed by atoms with Crippen molar-refractivity contribution in [2.24, 2.45) is 11.1 Å². The van der Waals surface area contributed by atoms with Crippen molar-refractivity contribution in [1.29, 1.82) is 0 Å². The van der Waals surface area contributed by atoms with Gasteiger partial charge >= 0.3 is 6.09 Å². The van der Waals surface area contributed by atoms with Crippen LogP contribution in [0.15, 0.2) is 24.0 Å². The summed E-state index contributed by atoms with van der Waals surface area (Å²) in [7, 11) is 3.41. The average molecular weight is 415 g/mol. The van der Waals surface area contributed by atoms with E-state index < -0.39 is 6.09 Å². The highest BCUT2D eigenvalue weighted by Gasteiger charge is 2.44. The molecule has 2 N–H and O–H groups in total. The van der Waals surface area contributed by atoms with Crippen LogP contribution in [0.25, 0.3) is 5.57 Å². The molecule has 2 aliphatic rings. The largest absolute Gasteiger partial charge is 0.414 e. The Hall–Kier alpha value is -2.18. The standard InChI is InChI=1S/C24H34N2O4/c1-16-5-6-17(2)19(13-16)22-20(27)14-24(9-7-18(29-4)8-10-24)15-21(22)30-23(28)26(3)12-11-25/h5-6,13,18H,7-12,14-15,25H2,1-4H3. The number of aryl methyl sites for hydroxylation is 2. The third-order valence-corrected chi connectivity index (χ3v) is 6.60. The Morgan fingerprint density at radius 1 is 1.23 bits per heavy atom. The number of methoxy groups -OCH3 is 1. The minimum absolute atomic E-state index is 0.0649. The zero-order valence-corrected chi connectivity index (χ0v) is 18.6. The predicted molar refractivity (Wildman–Crippen MR) is 117 cm³/mol. The van der Waals surface area contributed by atoms with Gasteiger partial charge in [0.1, 0.15) is 5.76 Å². The Balaban J connectivity index is 2.00. The molecule has 1 fully saturated rings. The fourth-order valence-corrected chi connectivity index (χ4v) is 4.73. The Morgan fingerprint density at radius 3 is 2.57 bits per heavy atom. The molecule has 1 spiro atoms. The summed E-state index contributed by atoms with van der Waals surface area (Å²) in [6.07, 6.45) is 4.53. The summed E-state index contributed by atoms with van der Waals surface area (Å²) in [4.78, 5) is 27.6. The number of ketones is 1. The van der Waals surface area contributed by atoms with E-state index in [1.165, 1.54) is 4.90 Å². The van der Waals surface area contributed by atoms with Gasteiger partial charge in [-0.1, -0.05) is 23.8 Å². The van der Waals surface area contributed by atoms with Crippen LogP contribution in [0.5, 0.6) is 0 Å². The molecular formula is C24H34N2O4. The highest BCUT2D eigenvalue weighted by Crippen LogP contribution is 2.50. The summed E-state index contributed by atoms with van der Waals surface area (Å²) in [6.45, 7) is 4.75. The molecule has 1 aromatic rings. The van der Waals surface area contributed by atoms with E-state index in [0.29, 0.717) is 37.3 Å². The van der Waals surface area contributed by atoms with Crippen molar-refractivity contribution in [3.8, 4) is 0 Å². The lowest BCUT2D eigenvalue weighted by molar-refractivity contribution is -0.118. The van der Waals surface area contributed by atoms with E-state index in [1.54, 1.807) is 14.2 Å². The van der Waals surface area contributed by atoms with E-state index in [4.69, 9.17) is 15.2 Å². The molecule has 0 heterocycles. The van der Waals surface area contributed by atoms with Crippen molar-refractivity contribution in [2.75, 3.05) is 27.2 Å². The Kier molecular flexibility index (Phi) is 6.98. The van der Waals surface area contributed by atoms with Crippen LogP contribution in [0.4, 0.5) is 4.79 Å². The van der Waals surface area contributed by atoms with E-state index in [1.807, 2.05) is 32.0 Å². The molecule has 0 aromatic heterocycles. The Labute approximate surface area is 179 Å². The fourth-order valence-electron chi connectivity index (χ4n) is 4.73. The van der Waals surface area contributed by atoms with Crippen molar-refractivity contribution < 1.29 is 19.1 Å². The zero-order valence-electron chi connectivity index (χ0n) is 18.6. The molecule has 0 radical (unpaired) electrons. The third-order valence-electron chi connectivity index (χ3n) is 6.60. The van der Waals surface area contributed by atoms with Crippen LogP contribution >= 0.6 is 0 Å². The third kappa shape index (κ3) is 4.76. The molecular weight excluding hydrogens is 380 g/mol. The molecule has 30 heavy (non-hydrogen) atoms. The molecule has 6 heteroatoms. The minimum Gasteiger partial charge on any atom is -0.414 e. The van der Waals surface area contributed by atoms with Crippen LogP contribution in [0.3, 0.4) is 0 Å². The maximum Gasteiger partial charge on any atom is 0.414 e. The normalized spacial score (nSPS) is 24.3. The van der Waals surface area contributed by atoms with Gasteiger partial charge in [0.05, 0.1) is 11.7 Å². The van der Waals surface area contributed by atoms with Gasteiger partial charge in [-0.2, -0.15) is 0 Å². The summed E-state index contributed by atoms with van der Waals surface area (Å²) in [5, 5.41) is 0. The number of benzene rings is 1. The van der Waals surface area contributed by atoms with Gasteiger partial charge in [-0.25, -0.2) is 4.79 Å². The number of hydrogen-bond acceptors (Lipinski definition) is 5. The van der Waals surface area contributed by atoms with Crippen LogP contribution in [-0.4, -0.2) is 50.1 Å². The number of hydrogen-bond donors (Lipinski definition) is 1. The SMILES string of the molecule is COC1CCC2(CC1)CC(=O)C(c1cc(C)ccc1C)=C(OC(=O)N(C)CCN)C2. The van der Waals surface area contributed by atoms with E-state index in [0.717, 1.165) is 42.4 Å². The molecule has 1 aromatic carbocycles. The molecule has 1 saturated carbocycles. The van der Waals surface area contributed by atoms with Crippen molar-refractivity contribution >= 4 is 17.4 Å². The minimum atomic E-state index is -0.464. The van der Waals surface area contributed by atoms with Gasteiger partial charge < -0.3 is 20.1 Å². The lowest BCUT2D eigenvalue weighted by atomic mass is 9.64. The number of nitrogens with two attached hydrogens (primary N) is 1. The van der Waals surface area contributed by atoms with Gasteiger partial charge in [-0.3, -0.25) is 4.79 Å². The molecule has 2 aliphatic carbocycles. The molecule has 1 amide bonds. The van der Waals surface area contributed by atoms with Crippen LogP contribution in [0.1, 0.15) is 55.2 Å². The second kappa shape index (κ2) is 9.31. The molecule has 164 valence electrons. The average Bonchev–Trinajstić information content (AvgIpc) is 2.71. The molecule has 0 aliphatic heterocycles. The molecule has 3 rings (SSSR count). The number of amides is 1. The van der Waals surface area contributed by atoms with Crippen LogP contribution in [-0.2, 0) is 14.3 Å². The smallest absolute Gasteiger partial charge is 0.414 e. The molecule has 0 unspecified atom stereocenters. The quantitative estimate of drug-likeness (QED) is 0.788. The highest BCUT2D eigenvalue weighted by atomic mass is 16.6. The lowest BCUT2D eigenvalue weighted by Gasteiger charge is -2.42. The maximum absolute atomic E-state index is 13.5. The Morgan fingerprint density at radius 2 is 1.93 bits per heavy atom. The first-order valence-corrected chi connectivity index (χ1v) is 10.8. The topological polar surface area (TPSA) is 81.9 Å². The number of ether oxygens (including phenoxy) is 2. The van der Waals surface area contributed by atoms with E-state index in [2.05, 4.69) is 0 Å². The van der Waals surface area contributed by atoms with E-state index in [9.17, 15) is 9.59 Å². The van der Waals surface area contributed by atoms with Crippen molar-refractivity contribution in [3.05, 3.63) is 40.6 Å². The van der Waals surface area contributed by atoms with Gasteiger partial charge in [0.2, 0.25) is 0 Å². The molecule has 6 nitrogen and oxygen atoms in total. The van der Waals surface area contributed by atoms with Crippen LogP contribution in [0.2, 0.25) is 0 Å². The Bertz CT molecular complexity index is 838. The first kappa shape index (κ1) is 22.5. The predicted octanol–water partition coefficient (Wildman–Crippen LogP) is 3.98. The number of carbonyl (C=O) groups is 2. The molecule has 0 saturated heterocycles. The number of Topliss-reactive ketones (excluding diaryl/α,β-unsaturated/α-hetero) is 1. The number of likely N-dealkylation sites (N-methyl/N-ethyl adjacent to an activating group) is 1. The van der Waals surface area contributed by atoms with Gasteiger partial charge in [0.25, 0.3) is 0 Å². The fraction of sp³-hybridized carbons (Fsp3) is 0.583. The van der Waals surface area contributed by atoms with Crippen molar-refractivity contribution in [1.82, 2.24) is 4.90 Å². The molecule has 0 bridgehead atoms. The second-order valence-electron chi connectivity index (χ2n) is 8.91. The summed E-state index contributed by atoms with van der Waals surface area (Å²) < 4.78 is 11.4. The first-order chi connectivity index (χ1) is 14.3. The van der Waals surface area contributed by atoms with Gasteiger partial charge in [0.15, 0.2) is 5.78 Å². The van der Waals surface area contributed by atoms with Crippen LogP contribution in [0, 0.1) is 19.3 Å². The van der Waals surface area contributed by atoms with E-state index >= 15 is 0 Å². The van der Waals surface area contributed by atoms with Gasteiger partial charge in [-0.15, -0.1) is 0 Å². The number of nitrogens with zero attached hydrogens (tertiary/aromatic N) is 1. The van der Waals surface area contributed by atoms with Crippen molar-refractivity contribution in [2.45, 2.75) is 58.5 Å². The van der Waals surface area contributed by atoms with Crippen molar-refractivity contribution in [3.63, 3.8) is 0 Å². The van der Waals surface area contributed by atoms with Gasteiger partial charge in [0, 0.05) is 40.1 Å².